The first-order valence-corrected chi connectivity index (χ1v) is 11.4. The number of para-hydroxylation sites is 3. The molecule has 0 aliphatic carbocycles. The Morgan fingerprint density at radius 3 is 1.84 bits per heavy atom. The summed E-state index contributed by atoms with van der Waals surface area (Å²) in [6.45, 7) is 1.98. The molecule has 4 aromatic carbocycles. The molecule has 0 spiro atoms. The molecule has 1 aliphatic rings. The van der Waals surface area contributed by atoms with Gasteiger partial charge in [-0.3, -0.25) is 4.57 Å². The SMILES string of the molecule is Cc1nnc(-c2ccc(N3c4ccccc4Sc4ccccc43)cc2)n1-c1ccccc1. The molecule has 0 amide bonds. The van der Waals surface area contributed by atoms with Crippen molar-refractivity contribution in [2.24, 2.45) is 0 Å². The number of aromatic nitrogens is 3. The lowest BCUT2D eigenvalue weighted by atomic mass is 10.1. The van der Waals surface area contributed by atoms with Crippen LogP contribution in [0.3, 0.4) is 0 Å². The van der Waals surface area contributed by atoms with Crippen LogP contribution < -0.4 is 4.90 Å². The minimum absolute atomic E-state index is 0.843. The summed E-state index contributed by atoms with van der Waals surface area (Å²) in [5.41, 5.74) is 5.62. The quantitative estimate of drug-likeness (QED) is 0.297. The molecule has 0 unspecified atom stereocenters. The Hall–Kier alpha value is -3.83. The van der Waals surface area contributed by atoms with Gasteiger partial charge in [-0.1, -0.05) is 54.2 Å². The standard InChI is InChI=1S/C27H20N4S/c1-19-28-29-27(30(19)21-9-3-2-4-10-21)20-15-17-22(18-16-20)31-23-11-5-7-13-25(23)32-26-14-8-6-12-24(26)31/h2-18H,1H3. The van der Waals surface area contributed by atoms with E-state index < -0.39 is 0 Å². The zero-order chi connectivity index (χ0) is 21.5. The van der Waals surface area contributed by atoms with Crippen LogP contribution in [0.5, 0.6) is 0 Å². The summed E-state index contributed by atoms with van der Waals surface area (Å²) in [6.07, 6.45) is 0. The van der Waals surface area contributed by atoms with Gasteiger partial charge in [-0.25, -0.2) is 0 Å². The Labute approximate surface area is 191 Å². The number of fused-ring (bicyclic) bond motifs is 2. The van der Waals surface area contributed by atoms with Gasteiger partial charge in [0.05, 0.1) is 11.4 Å². The second-order valence-corrected chi connectivity index (χ2v) is 8.75. The van der Waals surface area contributed by atoms with Gasteiger partial charge in [-0.05, 0) is 67.6 Å². The molecule has 2 heterocycles. The molecule has 154 valence electrons. The first-order chi connectivity index (χ1) is 15.8. The minimum Gasteiger partial charge on any atom is -0.308 e. The number of rotatable bonds is 3. The molecule has 0 radical (unpaired) electrons. The van der Waals surface area contributed by atoms with Crippen LogP contribution in [0.1, 0.15) is 5.82 Å². The number of nitrogens with zero attached hydrogens (tertiary/aromatic N) is 4. The van der Waals surface area contributed by atoms with Gasteiger partial charge in [0.1, 0.15) is 5.82 Å². The summed E-state index contributed by atoms with van der Waals surface area (Å²) in [4.78, 5) is 4.85. The highest BCUT2D eigenvalue weighted by Crippen LogP contribution is 2.51. The molecule has 6 rings (SSSR count). The zero-order valence-corrected chi connectivity index (χ0v) is 18.3. The van der Waals surface area contributed by atoms with Crippen LogP contribution in [0.4, 0.5) is 17.1 Å². The van der Waals surface area contributed by atoms with Crippen molar-refractivity contribution < 1.29 is 0 Å². The third kappa shape index (κ3) is 3.10. The molecule has 1 aliphatic heterocycles. The third-order valence-corrected chi connectivity index (χ3v) is 6.79. The normalized spacial score (nSPS) is 12.3. The molecule has 4 nitrogen and oxygen atoms in total. The topological polar surface area (TPSA) is 34.0 Å². The average Bonchev–Trinajstić information content (AvgIpc) is 3.24. The van der Waals surface area contributed by atoms with Crippen molar-refractivity contribution in [3.05, 3.63) is 109 Å². The van der Waals surface area contributed by atoms with Crippen LogP contribution in [0, 0.1) is 6.92 Å². The van der Waals surface area contributed by atoms with Crippen molar-refractivity contribution in [1.82, 2.24) is 14.8 Å². The number of anilines is 3. The van der Waals surface area contributed by atoms with Crippen molar-refractivity contribution in [3.63, 3.8) is 0 Å². The van der Waals surface area contributed by atoms with Gasteiger partial charge in [-0.2, -0.15) is 0 Å². The monoisotopic (exact) mass is 432 g/mol. The van der Waals surface area contributed by atoms with Gasteiger partial charge in [0.2, 0.25) is 0 Å². The maximum absolute atomic E-state index is 4.47. The van der Waals surface area contributed by atoms with E-state index in [1.807, 2.05) is 36.9 Å². The van der Waals surface area contributed by atoms with Gasteiger partial charge >= 0.3 is 0 Å². The molecule has 32 heavy (non-hydrogen) atoms. The molecule has 0 bridgehead atoms. The Balaban J connectivity index is 1.44. The predicted molar refractivity (Wildman–Crippen MR) is 130 cm³/mol. The summed E-state index contributed by atoms with van der Waals surface area (Å²) in [6, 6.07) is 35.9. The molecule has 0 fully saturated rings. The van der Waals surface area contributed by atoms with Crippen molar-refractivity contribution in [3.8, 4) is 17.1 Å². The fraction of sp³-hybridized carbons (Fsp3) is 0.0370. The van der Waals surface area contributed by atoms with Gasteiger partial charge in [0.15, 0.2) is 5.82 Å². The molecule has 0 saturated heterocycles. The van der Waals surface area contributed by atoms with Gasteiger partial charge in [0.25, 0.3) is 0 Å². The first kappa shape index (κ1) is 18.9. The number of benzene rings is 4. The van der Waals surface area contributed by atoms with Crippen LogP contribution in [-0.4, -0.2) is 14.8 Å². The number of aryl methyl sites for hydroxylation is 1. The van der Waals surface area contributed by atoms with E-state index in [2.05, 4.69) is 105 Å². The fourth-order valence-electron chi connectivity index (χ4n) is 4.18. The number of hydrogen-bond donors (Lipinski definition) is 0. The smallest absolute Gasteiger partial charge is 0.168 e. The van der Waals surface area contributed by atoms with E-state index in [0.717, 1.165) is 28.6 Å². The largest absolute Gasteiger partial charge is 0.308 e. The summed E-state index contributed by atoms with van der Waals surface area (Å²) in [7, 11) is 0. The van der Waals surface area contributed by atoms with E-state index in [9.17, 15) is 0 Å². The van der Waals surface area contributed by atoms with Crippen LogP contribution in [0.2, 0.25) is 0 Å². The number of hydrogen-bond acceptors (Lipinski definition) is 4. The maximum Gasteiger partial charge on any atom is 0.168 e. The molecule has 1 aromatic heterocycles. The van der Waals surface area contributed by atoms with Crippen LogP contribution in [-0.2, 0) is 0 Å². The summed E-state index contributed by atoms with van der Waals surface area (Å²) < 4.78 is 2.09. The zero-order valence-electron chi connectivity index (χ0n) is 17.5. The Bertz CT molecular complexity index is 1360. The van der Waals surface area contributed by atoms with Crippen molar-refractivity contribution in [2.45, 2.75) is 16.7 Å². The van der Waals surface area contributed by atoms with Crippen LogP contribution in [0.25, 0.3) is 17.1 Å². The molecule has 5 heteroatoms. The molecule has 5 aromatic rings. The lowest BCUT2D eigenvalue weighted by Crippen LogP contribution is -2.14. The molecular weight excluding hydrogens is 412 g/mol. The Morgan fingerprint density at radius 1 is 0.594 bits per heavy atom. The predicted octanol–water partition coefficient (Wildman–Crippen LogP) is 7.18. The second kappa shape index (κ2) is 7.70. The molecule has 0 N–H and O–H groups in total. The third-order valence-electron chi connectivity index (χ3n) is 5.66. The summed E-state index contributed by atoms with van der Waals surface area (Å²) >= 11 is 1.82. The highest BCUT2D eigenvalue weighted by Gasteiger charge is 2.24. The van der Waals surface area contributed by atoms with Gasteiger partial charge < -0.3 is 4.90 Å². The van der Waals surface area contributed by atoms with E-state index in [1.165, 1.54) is 21.2 Å². The van der Waals surface area contributed by atoms with E-state index in [4.69, 9.17) is 0 Å². The van der Waals surface area contributed by atoms with Gasteiger partial charge in [-0.15, -0.1) is 10.2 Å². The van der Waals surface area contributed by atoms with Crippen molar-refractivity contribution >= 4 is 28.8 Å². The average molecular weight is 433 g/mol. The van der Waals surface area contributed by atoms with Crippen LogP contribution in [0.15, 0.2) is 113 Å². The lowest BCUT2D eigenvalue weighted by Gasteiger charge is -2.32. The summed E-state index contributed by atoms with van der Waals surface area (Å²) in [5.74, 6) is 1.71. The van der Waals surface area contributed by atoms with Crippen molar-refractivity contribution in [2.75, 3.05) is 4.90 Å². The van der Waals surface area contributed by atoms with E-state index >= 15 is 0 Å². The van der Waals surface area contributed by atoms with E-state index in [-0.39, 0.29) is 0 Å². The highest BCUT2D eigenvalue weighted by atomic mass is 32.2. The summed E-state index contributed by atoms with van der Waals surface area (Å²) in [5, 5.41) is 8.81. The van der Waals surface area contributed by atoms with Crippen LogP contribution >= 0.6 is 11.8 Å². The Kier molecular flexibility index (Phi) is 4.55. The molecule has 0 atom stereocenters. The van der Waals surface area contributed by atoms with Crippen molar-refractivity contribution in [1.29, 1.82) is 0 Å². The molecule has 0 saturated carbocycles. The highest BCUT2D eigenvalue weighted by molar-refractivity contribution is 7.99. The first-order valence-electron chi connectivity index (χ1n) is 10.5. The maximum atomic E-state index is 4.47. The molecular formula is C27H20N4S. The second-order valence-electron chi connectivity index (χ2n) is 7.66. The fourth-order valence-corrected chi connectivity index (χ4v) is 5.24. The Morgan fingerprint density at radius 2 is 1.19 bits per heavy atom. The van der Waals surface area contributed by atoms with E-state index in [0.29, 0.717) is 0 Å². The minimum atomic E-state index is 0.843. The van der Waals surface area contributed by atoms with Gasteiger partial charge in [0, 0.05) is 26.7 Å². The van der Waals surface area contributed by atoms with E-state index in [1.54, 1.807) is 0 Å². The lowest BCUT2D eigenvalue weighted by molar-refractivity contribution is 0.972.